The molecule has 0 aromatic rings. The van der Waals surface area contributed by atoms with E-state index in [0.717, 1.165) is 0 Å². The van der Waals surface area contributed by atoms with Crippen molar-refractivity contribution in [3.8, 4) is 0 Å². The van der Waals surface area contributed by atoms with Gasteiger partial charge in [0.1, 0.15) is 12.2 Å². The number of hydrogen-bond acceptors (Lipinski definition) is 4. The smallest absolute Gasteiger partial charge is 0.341 e. The van der Waals surface area contributed by atoms with E-state index in [1.165, 1.54) is 0 Å². The Kier molecular flexibility index (Phi) is 5.04. The van der Waals surface area contributed by atoms with Crippen molar-refractivity contribution in [1.82, 2.24) is 0 Å². The van der Waals surface area contributed by atoms with Gasteiger partial charge in [-0.25, -0.2) is 4.79 Å². The topological polar surface area (TPSA) is 44.8 Å². The Morgan fingerprint density at radius 3 is 2.04 bits per heavy atom. The van der Waals surface area contributed by atoms with Crippen LogP contribution in [0.1, 0.15) is 48.0 Å². The van der Waals surface area contributed by atoms with Crippen LogP contribution >= 0.6 is 0 Å². The summed E-state index contributed by atoms with van der Waals surface area (Å²) in [7, 11) is -4.01. The summed E-state index contributed by atoms with van der Waals surface area (Å²) in [4.78, 5) is 12.7. The first-order valence-electron chi connectivity index (χ1n) is 9.29. The lowest BCUT2D eigenvalue weighted by Gasteiger charge is -2.43. The molecule has 0 aromatic carbocycles. The third-order valence-electron chi connectivity index (χ3n) is 6.51. The van der Waals surface area contributed by atoms with Crippen molar-refractivity contribution in [3.05, 3.63) is 12.2 Å². The maximum Gasteiger partial charge on any atom is 0.341 e. The Hall–Kier alpha value is -0.436. The minimum absolute atomic E-state index is 0.0441. The average molecular weight is 385 g/mol. The van der Waals surface area contributed by atoms with E-state index in [-0.39, 0.29) is 28.3 Å². The summed E-state index contributed by atoms with van der Waals surface area (Å²) in [6, 6.07) is 0. The zero-order valence-electron chi connectivity index (χ0n) is 17.6. The summed E-state index contributed by atoms with van der Waals surface area (Å²) in [6.45, 7) is 22.0. The molecule has 1 aliphatic carbocycles. The fraction of sp³-hybridized carbons (Fsp3) is 0.842. The van der Waals surface area contributed by atoms with Crippen LogP contribution in [0.15, 0.2) is 12.2 Å². The third-order valence-corrected chi connectivity index (χ3v) is 15.5. The lowest BCUT2D eigenvalue weighted by Crippen LogP contribution is -2.53. The van der Waals surface area contributed by atoms with Crippen molar-refractivity contribution in [3.63, 3.8) is 0 Å². The minimum atomic E-state index is -2.08. The fourth-order valence-corrected chi connectivity index (χ4v) is 5.43. The summed E-state index contributed by atoms with van der Waals surface area (Å²) in [5.41, 5.74) is -0.916. The van der Waals surface area contributed by atoms with E-state index < -0.39 is 22.2 Å². The van der Waals surface area contributed by atoms with Crippen molar-refractivity contribution in [1.29, 1.82) is 0 Å². The van der Waals surface area contributed by atoms with Crippen LogP contribution in [0.2, 0.25) is 36.3 Å². The SMILES string of the molecule is CC(C)(C)[Si](C)(C)O[C@H]1C=C[C@]2(O[Si](C)(C)C(C)(C)C)C[C@H]1OC2=O. The average Bonchev–Trinajstić information content (AvgIpc) is 2.63. The van der Waals surface area contributed by atoms with Crippen LogP contribution in [0.3, 0.4) is 0 Å². The normalized spacial score (nSPS) is 30.6. The molecule has 1 saturated heterocycles. The van der Waals surface area contributed by atoms with Crippen molar-refractivity contribution >= 4 is 22.6 Å². The lowest BCUT2D eigenvalue weighted by atomic mass is 9.91. The lowest BCUT2D eigenvalue weighted by molar-refractivity contribution is -0.151. The molecule has 1 heterocycles. The molecule has 0 N–H and O–H groups in total. The van der Waals surface area contributed by atoms with Gasteiger partial charge >= 0.3 is 5.97 Å². The fourth-order valence-electron chi connectivity index (χ4n) is 2.71. The van der Waals surface area contributed by atoms with Gasteiger partial charge in [0, 0.05) is 6.42 Å². The van der Waals surface area contributed by atoms with Gasteiger partial charge < -0.3 is 13.6 Å². The van der Waals surface area contributed by atoms with Gasteiger partial charge in [0.05, 0.1) is 0 Å². The highest BCUT2D eigenvalue weighted by Crippen LogP contribution is 2.46. The molecule has 0 spiro atoms. The molecule has 0 unspecified atom stereocenters. The summed E-state index contributed by atoms with van der Waals surface area (Å²) >= 11 is 0. The van der Waals surface area contributed by atoms with Gasteiger partial charge in [-0.2, -0.15) is 0 Å². The van der Waals surface area contributed by atoms with Crippen LogP contribution in [0.4, 0.5) is 0 Å². The summed E-state index contributed by atoms with van der Waals surface area (Å²) < 4.78 is 18.7. The molecule has 6 heteroatoms. The van der Waals surface area contributed by atoms with Gasteiger partial charge in [-0.15, -0.1) is 0 Å². The number of carbonyl (C=O) groups is 1. The third kappa shape index (κ3) is 3.82. The van der Waals surface area contributed by atoms with Gasteiger partial charge in [0.15, 0.2) is 22.2 Å². The predicted molar refractivity (Wildman–Crippen MR) is 107 cm³/mol. The van der Waals surface area contributed by atoms with Crippen LogP contribution in [0, 0.1) is 0 Å². The molecule has 2 bridgehead atoms. The van der Waals surface area contributed by atoms with E-state index in [4.69, 9.17) is 13.6 Å². The second kappa shape index (κ2) is 6.04. The van der Waals surface area contributed by atoms with Gasteiger partial charge in [-0.05, 0) is 42.3 Å². The second-order valence-electron chi connectivity index (χ2n) is 10.6. The monoisotopic (exact) mass is 384 g/mol. The molecule has 1 aliphatic heterocycles. The first-order valence-corrected chi connectivity index (χ1v) is 15.1. The number of carbonyl (C=O) groups excluding carboxylic acids is 1. The van der Waals surface area contributed by atoms with Crippen LogP contribution in [0.5, 0.6) is 0 Å². The number of esters is 1. The largest absolute Gasteiger partial charge is 0.457 e. The van der Waals surface area contributed by atoms with Crippen LogP contribution in [-0.2, 0) is 18.4 Å². The number of hydrogen-bond donors (Lipinski definition) is 0. The minimum Gasteiger partial charge on any atom is -0.457 e. The number of fused-ring (bicyclic) bond motifs is 2. The van der Waals surface area contributed by atoms with Gasteiger partial charge in [-0.3, -0.25) is 0 Å². The molecule has 0 saturated carbocycles. The Morgan fingerprint density at radius 2 is 1.56 bits per heavy atom. The molecule has 0 radical (unpaired) electrons. The molecule has 1 fully saturated rings. The van der Waals surface area contributed by atoms with Gasteiger partial charge in [0.25, 0.3) is 0 Å². The zero-order valence-corrected chi connectivity index (χ0v) is 19.6. The molecule has 2 aliphatic rings. The molecule has 144 valence electrons. The standard InChI is InChI=1S/C19H36O4Si2/c1-17(2,3)24(7,8)22-14-11-12-19(13-15(14)21-16(19)20)23-25(9,10)18(4,5)6/h11-12,14-15H,13H2,1-10H3/t14-,15+,19-/m0/s1. The van der Waals surface area contributed by atoms with E-state index in [1.807, 2.05) is 12.2 Å². The Bertz CT molecular complexity index is 569. The summed E-state index contributed by atoms with van der Waals surface area (Å²) in [6.07, 6.45) is 4.08. The Labute approximate surface area is 155 Å². The highest BCUT2D eigenvalue weighted by atomic mass is 28.4. The van der Waals surface area contributed by atoms with Crippen molar-refractivity contribution in [2.75, 3.05) is 0 Å². The summed E-state index contributed by atoms with van der Waals surface area (Å²) in [5, 5.41) is 0.165. The summed E-state index contributed by atoms with van der Waals surface area (Å²) in [5.74, 6) is -0.250. The van der Waals surface area contributed by atoms with Crippen molar-refractivity contribution in [2.45, 2.75) is 102 Å². The van der Waals surface area contributed by atoms with E-state index in [9.17, 15) is 4.79 Å². The van der Waals surface area contributed by atoms with E-state index in [0.29, 0.717) is 6.42 Å². The molecular formula is C19H36O4Si2. The van der Waals surface area contributed by atoms with Crippen LogP contribution in [-0.4, -0.2) is 40.4 Å². The number of ether oxygens (including phenoxy) is 1. The molecule has 3 atom stereocenters. The molecule has 0 aromatic heterocycles. The maximum atomic E-state index is 12.7. The quantitative estimate of drug-likeness (QED) is 0.388. The highest BCUT2D eigenvalue weighted by molar-refractivity contribution is 6.74. The van der Waals surface area contributed by atoms with E-state index in [2.05, 4.69) is 67.7 Å². The Morgan fingerprint density at radius 1 is 1.04 bits per heavy atom. The van der Waals surface area contributed by atoms with E-state index in [1.54, 1.807) is 0 Å². The molecule has 0 amide bonds. The molecular weight excluding hydrogens is 348 g/mol. The van der Waals surface area contributed by atoms with Gasteiger partial charge in [0.2, 0.25) is 0 Å². The molecule has 25 heavy (non-hydrogen) atoms. The molecule has 2 rings (SSSR count). The zero-order chi connectivity index (χ0) is 19.5. The van der Waals surface area contributed by atoms with E-state index >= 15 is 0 Å². The maximum absolute atomic E-state index is 12.7. The second-order valence-corrected chi connectivity index (χ2v) is 20.1. The van der Waals surface area contributed by atoms with Crippen molar-refractivity contribution < 1.29 is 18.4 Å². The molecule has 4 nitrogen and oxygen atoms in total. The van der Waals surface area contributed by atoms with Crippen molar-refractivity contribution in [2.24, 2.45) is 0 Å². The first-order chi connectivity index (χ1) is 11.0. The Balaban J connectivity index is 2.23. The van der Waals surface area contributed by atoms with Crippen LogP contribution < -0.4 is 0 Å². The first kappa shape index (κ1) is 20.9. The predicted octanol–water partition coefficient (Wildman–Crippen LogP) is 5.02. The van der Waals surface area contributed by atoms with Crippen LogP contribution in [0.25, 0.3) is 0 Å². The number of rotatable bonds is 4. The van der Waals surface area contributed by atoms with Gasteiger partial charge in [-0.1, -0.05) is 47.6 Å². The highest BCUT2D eigenvalue weighted by Gasteiger charge is 2.58.